The van der Waals surface area contributed by atoms with Gasteiger partial charge in [0.25, 0.3) is 0 Å². The molecule has 1 aromatic rings. The van der Waals surface area contributed by atoms with E-state index in [1.54, 1.807) is 7.11 Å². The molecule has 0 bridgehead atoms. The van der Waals surface area contributed by atoms with Gasteiger partial charge in [-0.25, -0.2) is 0 Å². The quantitative estimate of drug-likeness (QED) is 0.769. The van der Waals surface area contributed by atoms with Gasteiger partial charge in [-0.05, 0) is 31.0 Å². The summed E-state index contributed by atoms with van der Waals surface area (Å²) in [6.07, 6.45) is -0.519. The summed E-state index contributed by atoms with van der Waals surface area (Å²) in [5, 5.41) is 0. The monoisotopic (exact) mass is 250 g/mol. The molecule has 0 saturated carbocycles. The summed E-state index contributed by atoms with van der Waals surface area (Å²) in [4.78, 5) is 12.4. The first-order chi connectivity index (χ1) is 8.63. The van der Waals surface area contributed by atoms with Crippen molar-refractivity contribution in [3.8, 4) is 5.75 Å². The Morgan fingerprint density at radius 3 is 2.72 bits per heavy atom. The second-order valence-electron chi connectivity index (χ2n) is 4.46. The van der Waals surface area contributed by atoms with Gasteiger partial charge in [0.05, 0.1) is 32.5 Å². The van der Waals surface area contributed by atoms with E-state index in [9.17, 15) is 4.79 Å². The van der Waals surface area contributed by atoms with Crippen molar-refractivity contribution in [1.29, 1.82) is 0 Å². The average Bonchev–Trinajstić information content (AvgIpc) is 2.38. The summed E-state index contributed by atoms with van der Waals surface area (Å²) in [6.45, 7) is 5.21. The molecule has 1 atom stereocenters. The zero-order chi connectivity index (χ0) is 13.1. The van der Waals surface area contributed by atoms with Gasteiger partial charge in [0.1, 0.15) is 11.9 Å². The minimum atomic E-state index is -0.519. The number of ether oxygens (including phenoxy) is 3. The van der Waals surface area contributed by atoms with Crippen LogP contribution in [0.2, 0.25) is 0 Å². The van der Waals surface area contributed by atoms with E-state index >= 15 is 0 Å². The van der Waals surface area contributed by atoms with Crippen molar-refractivity contribution in [1.82, 2.24) is 0 Å². The van der Waals surface area contributed by atoms with Gasteiger partial charge in [-0.3, -0.25) is 4.79 Å². The Bertz CT molecular complexity index is 447. The van der Waals surface area contributed by atoms with Crippen LogP contribution in [-0.2, 0) is 9.47 Å². The van der Waals surface area contributed by atoms with Crippen LogP contribution in [0.4, 0.5) is 0 Å². The predicted octanol–water partition coefficient (Wildman–Crippen LogP) is 1.91. The SMILES string of the molecule is COc1cc(C)cc(C)c1C(=O)C1COCCO1. The van der Waals surface area contributed by atoms with E-state index in [0.29, 0.717) is 31.1 Å². The maximum absolute atomic E-state index is 12.4. The lowest BCUT2D eigenvalue weighted by atomic mass is 9.97. The van der Waals surface area contributed by atoms with Gasteiger partial charge < -0.3 is 14.2 Å². The van der Waals surface area contributed by atoms with Crippen LogP contribution in [0.5, 0.6) is 5.75 Å². The molecule has 1 unspecified atom stereocenters. The average molecular weight is 250 g/mol. The summed E-state index contributed by atoms with van der Waals surface area (Å²) >= 11 is 0. The Kier molecular flexibility index (Phi) is 3.99. The van der Waals surface area contributed by atoms with Gasteiger partial charge >= 0.3 is 0 Å². The minimum absolute atomic E-state index is 0.0657. The topological polar surface area (TPSA) is 44.8 Å². The van der Waals surface area contributed by atoms with E-state index in [1.165, 1.54) is 0 Å². The molecular weight excluding hydrogens is 232 g/mol. The molecule has 0 N–H and O–H groups in total. The summed E-state index contributed by atoms with van der Waals surface area (Å²) in [7, 11) is 1.57. The van der Waals surface area contributed by atoms with Crippen molar-refractivity contribution in [2.24, 2.45) is 0 Å². The summed E-state index contributed by atoms with van der Waals surface area (Å²) in [5.74, 6) is 0.538. The highest BCUT2D eigenvalue weighted by molar-refractivity contribution is 6.03. The number of aryl methyl sites for hydroxylation is 2. The Hall–Kier alpha value is -1.39. The standard InChI is InChI=1S/C14H18O4/c1-9-6-10(2)13(11(7-9)16-3)14(15)12-8-17-4-5-18-12/h6-7,12H,4-5,8H2,1-3H3. The molecule has 1 aliphatic rings. The molecule has 2 rings (SSSR count). The summed E-state index contributed by atoms with van der Waals surface area (Å²) < 4.78 is 16.0. The third kappa shape index (κ3) is 2.54. The summed E-state index contributed by atoms with van der Waals surface area (Å²) in [5.41, 5.74) is 2.58. The van der Waals surface area contributed by atoms with E-state index in [-0.39, 0.29) is 5.78 Å². The molecule has 18 heavy (non-hydrogen) atoms. The van der Waals surface area contributed by atoms with E-state index < -0.39 is 6.10 Å². The number of Topliss-reactive ketones (excluding diaryl/α,β-unsaturated/α-hetero) is 1. The van der Waals surface area contributed by atoms with Gasteiger partial charge in [-0.15, -0.1) is 0 Å². The molecular formula is C14H18O4. The highest BCUT2D eigenvalue weighted by Gasteiger charge is 2.27. The lowest BCUT2D eigenvalue weighted by molar-refractivity contribution is -0.0719. The maximum atomic E-state index is 12.4. The number of hydrogen-bond donors (Lipinski definition) is 0. The lowest BCUT2D eigenvalue weighted by Crippen LogP contribution is -2.36. The highest BCUT2D eigenvalue weighted by Crippen LogP contribution is 2.26. The van der Waals surface area contributed by atoms with Crippen molar-refractivity contribution >= 4 is 5.78 Å². The van der Waals surface area contributed by atoms with Crippen LogP contribution in [0.25, 0.3) is 0 Å². The molecule has 1 heterocycles. The molecule has 0 aromatic heterocycles. The van der Waals surface area contributed by atoms with Gasteiger partial charge in [-0.1, -0.05) is 6.07 Å². The molecule has 0 aliphatic carbocycles. The zero-order valence-corrected chi connectivity index (χ0v) is 11.0. The zero-order valence-electron chi connectivity index (χ0n) is 11.0. The first kappa shape index (κ1) is 13.1. The van der Waals surface area contributed by atoms with Gasteiger partial charge in [0, 0.05) is 0 Å². The molecule has 1 fully saturated rings. The van der Waals surface area contributed by atoms with E-state index in [1.807, 2.05) is 26.0 Å². The maximum Gasteiger partial charge on any atom is 0.197 e. The smallest absolute Gasteiger partial charge is 0.197 e. The molecule has 0 spiro atoms. The number of carbonyl (C=O) groups excluding carboxylic acids is 1. The second kappa shape index (κ2) is 5.50. The fourth-order valence-electron chi connectivity index (χ4n) is 2.21. The first-order valence-electron chi connectivity index (χ1n) is 6.02. The van der Waals surface area contributed by atoms with Crippen molar-refractivity contribution in [3.63, 3.8) is 0 Å². The number of hydrogen-bond acceptors (Lipinski definition) is 4. The van der Waals surface area contributed by atoms with Crippen LogP contribution in [-0.4, -0.2) is 38.8 Å². The summed E-state index contributed by atoms with van der Waals surface area (Å²) in [6, 6.07) is 3.84. The Balaban J connectivity index is 2.34. The van der Waals surface area contributed by atoms with Crippen molar-refractivity contribution < 1.29 is 19.0 Å². The van der Waals surface area contributed by atoms with E-state index in [2.05, 4.69) is 0 Å². The Labute approximate surface area is 107 Å². The Morgan fingerprint density at radius 2 is 2.11 bits per heavy atom. The molecule has 4 nitrogen and oxygen atoms in total. The molecule has 98 valence electrons. The van der Waals surface area contributed by atoms with Crippen LogP contribution in [0.15, 0.2) is 12.1 Å². The Morgan fingerprint density at radius 1 is 1.33 bits per heavy atom. The third-order valence-electron chi connectivity index (χ3n) is 3.02. The van der Waals surface area contributed by atoms with Crippen LogP contribution < -0.4 is 4.74 Å². The highest BCUT2D eigenvalue weighted by atomic mass is 16.6. The second-order valence-corrected chi connectivity index (χ2v) is 4.46. The van der Waals surface area contributed by atoms with Gasteiger partial charge in [0.2, 0.25) is 0 Å². The molecule has 4 heteroatoms. The van der Waals surface area contributed by atoms with Gasteiger partial charge in [-0.2, -0.15) is 0 Å². The van der Waals surface area contributed by atoms with E-state index in [4.69, 9.17) is 14.2 Å². The molecule has 0 amide bonds. The van der Waals surface area contributed by atoms with Crippen LogP contribution in [0.3, 0.4) is 0 Å². The largest absolute Gasteiger partial charge is 0.496 e. The number of ketones is 1. The van der Waals surface area contributed by atoms with Crippen LogP contribution in [0.1, 0.15) is 21.5 Å². The predicted molar refractivity (Wildman–Crippen MR) is 67.4 cm³/mol. The van der Waals surface area contributed by atoms with Crippen molar-refractivity contribution in [3.05, 3.63) is 28.8 Å². The molecule has 0 radical (unpaired) electrons. The van der Waals surface area contributed by atoms with Crippen molar-refractivity contribution in [2.75, 3.05) is 26.9 Å². The van der Waals surface area contributed by atoms with Crippen molar-refractivity contribution in [2.45, 2.75) is 20.0 Å². The first-order valence-corrected chi connectivity index (χ1v) is 6.02. The normalized spacial score (nSPS) is 19.6. The fourth-order valence-corrected chi connectivity index (χ4v) is 2.21. The van der Waals surface area contributed by atoms with Crippen LogP contribution >= 0.6 is 0 Å². The number of methoxy groups -OCH3 is 1. The molecule has 1 saturated heterocycles. The lowest BCUT2D eigenvalue weighted by Gasteiger charge is -2.23. The number of benzene rings is 1. The van der Waals surface area contributed by atoms with Gasteiger partial charge in [0.15, 0.2) is 5.78 Å². The number of rotatable bonds is 3. The molecule has 1 aliphatic heterocycles. The van der Waals surface area contributed by atoms with E-state index in [0.717, 1.165) is 11.1 Å². The molecule has 1 aromatic carbocycles. The van der Waals surface area contributed by atoms with Crippen LogP contribution in [0, 0.1) is 13.8 Å². The minimum Gasteiger partial charge on any atom is -0.496 e. The number of carbonyl (C=O) groups is 1. The fraction of sp³-hybridized carbons (Fsp3) is 0.500. The third-order valence-corrected chi connectivity index (χ3v) is 3.02.